The van der Waals surface area contributed by atoms with Crippen molar-refractivity contribution >= 4 is 0 Å². The third-order valence-electron chi connectivity index (χ3n) is 2.87. The van der Waals surface area contributed by atoms with Gasteiger partial charge in [0, 0.05) is 17.5 Å². The first kappa shape index (κ1) is 12.2. The maximum atomic E-state index is 12.6. The van der Waals surface area contributed by atoms with E-state index in [9.17, 15) is 13.2 Å². The number of hydrogen-bond donors (Lipinski definition) is 1. The van der Waals surface area contributed by atoms with E-state index in [0.29, 0.717) is 24.3 Å². The van der Waals surface area contributed by atoms with E-state index in [1.807, 2.05) is 6.92 Å². The number of nitrogens with two attached hydrogens (primary N) is 1. The molecular weight excluding hydrogens is 231 g/mol. The molecule has 2 rings (SSSR count). The molecule has 0 aromatic heterocycles. The van der Waals surface area contributed by atoms with Crippen LogP contribution in [0.3, 0.4) is 0 Å². The Morgan fingerprint density at radius 1 is 1.47 bits per heavy atom. The minimum Gasteiger partial charge on any atom is -0.493 e. The maximum Gasteiger partial charge on any atom is 0.416 e. The lowest BCUT2D eigenvalue weighted by Gasteiger charge is -2.13. The van der Waals surface area contributed by atoms with Gasteiger partial charge >= 0.3 is 6.18 Å². The zero-order valence-corrected chi connectivity index (χ0v) is 9.42. The molecule has 1 aliphatic heterocycles. The molecule has 2 nitrogen and oxygen atoms in total. The number of rotatable bonds is 2. The zero-order chi connectivity index (χ0) is 12.6. The van der Waals surface area contributed by atoms with Gasteiger partial charge in [0.2, 0.25) is 0 Å². The van der Waals surface area contributed by atoms with Gasteiger partial charge in [0.15, 0.2) is 0 Å². The van der Waals surface area contributed by atoms with E-state index in [-0.39, 0.29) is 12.0 Å². The molecule has 2 atom stereocenters. The van der Waals surface area contributed by atoms with Crippen molar-refractivity contribution in [2.75, 3.05) is 6.61 Å². The first-order chi connectivity index (χ1) is 7.88. The van der Waals surface area contributed by atoms with Crippen LogP contribution in [-0.4, -0.2) is 12.6 Å². The number of fused-ring (bicyclic) bond motifs is 1. The molecule has 1 heterocycles. The van der Waals surface area contributed by atoms with Crippen molar-refractivity contribution < 1.29 is 17.9 Å². The second-order valence-electron chi connectivity index (χ2n) is 4.47. The standard InChI is InChI=1S/C12H14F3NO/c1-7(16)4-8-6-17-11-3-2-9(5-10(8)11)12(13,14)15/h2-3,5,7-8H,4,6,16H2,1H3. The van der Waals surface area contributed by atoms with Crippen LogP contribution in [0.25, 0.3) is 0 Å². The molecule has 2 N–H and O–H groups in total. The Hall–Kier alpha value is -1.23. The van der Waals surface area contributed by atoms with E-state index >= 15 is 0 Å². The van der Waals surface area contributed by atoms with E-state index in [2.05, 4.69) is 0 Å². The molecule has 0 radical (unpaired) electrons. The average molecular weight is 245 g/mol. The fourth-order valence-corrected chi connectivity index (χ4v) is 2.10. The van der Waals surface area contributed by atoms with Gasteiger partial charge in [-0.15, -0.1) is 0 Å². The lowest BCUT2D eigenvalue weighted by Crippen LogP contribution is -2.19. The van der Waals surface area contributed by atoms with E-state index in [1.54, 1.807) is 0 Å². The SMILES string of the molecule is CC(N)CC1COc2ccc(C(F)(F)F)cc21. The summed E-state index contributed by atoms with van der Waals surface area (Å²) in [4.78, 5) is 0. The van der Waals surface area contributed by atoms with Crippen molar-refractivity contribution in [2.24, 2.45) is 5.73 Å². The Labute approximate surface area is 97.6 Å². The largest absolute Gasteiger partial charge is 0.493 e. The average Bonchev–Trinajstić information content (AvgIpc) is 2.59. The smallest absolute Gasteiger partial charge is 0.416 e. The van der Waals surface area contributed by atoms with Gasteiger partial charge in [-0.3, -0.25) is 0 Å². The second kappa shape index (κ2) is 4.22. The molecule has 94 valence electrons. The van der Waals surface area contributed by atoms with Gasteiger partial charge in [-0.1, -0.05) is 0 Å². The lowest BCUT2D eigenvalue weighted by atomic mass is 9.93. The Balaban J connectivity index is 2.31. The van der Waals surface area contributed by atoms with Crippen LogP contribution in [-0.2, 0) is 6.18 Å². The molecular formula is C12H14F3NO. The molecule has 2 unspecified atom stereocenters. The highest BCUT2D eigenvalue weighted by Gasteiger charge is 2.34. The summed E-state index contributed by atoms with van der Waals surface area (Å²) in [6.45, 7) is 2.25. The zero-order valence-electron chi connectivity index (χ0n) is 9.42. The summed E-state index contributed by atoms with van der Waals surface area (Å²) in [6.07, 6.45) is -3.68. The second-order valence-corrected chi connectivity index (χ2v) is 4.47. The molecule has 0 aliphatic carbocycles. The maximum absolute atomic E-state index is 12.6. The normalized spacial score (nSPS) is 20.9. The Bertz CT molecular complexity index is 415. The first-order valence-corrected chi connectivity index (χ1v) is 5.47. The molecule has 5 heteroatoms. The minimum absolute atomic E-state index is 0.0349. The summed E-state index contributed by atoms with van der Waals surface area (Å²) >= 11 is 0. The molecule has 0 bridgehead atoms. The molecule has 1 aliphatic rings. The Morgan fingerprint density at radius 3 is 2.76 bits per heavy atom. The van der Waals surface area contributed by atoms with Crippen molar-refractivity contribution in [1.82, 2.24) is 0 Å². The van der Waals surface area contributed by atoms with Gasteiger partial charge in [0.25, 0.3) is 0 Å². The van der Waals surface area contributed by atoms with Gasteiger partial charge in [0.1, 0.15) is 5.75 Å². The summed E-state index contributed by atoms with van der Waals surface area (Å²) in [5.41, 5.74) is 5.67. The van der Waals surface area contributed by atoms with Crippen LogP contribution in [0.4, 0.5) is 13.2 Å². The van der Waals surface area contributed by atoms with Crippen molar-refractivity contribution in [3.63, 3.8) is 0 Å². The topological polar surface area (TPSA) is 35.2 Å². The van der Waals surface area contributed by atoms with Crippen LogP contribution in [0.15, 0.2) is 18.2 Å². The molecule has 1 aromatic rings. The summed E-state index contributed by atoms with van der Waals surface area (Å²) < 4.78 is 43.1. The van der Waals surface area contributed by atoms with Crippen molar-refractivity contribution in [3.8, 4) is 5.75 Å². The monoisotopic (exact) mass is 245 g/mol. The Kier molecular flexibility index (Phi) is 3.03. The molecule has 1 aromatic carbocycles. The van der Waals surface area contributed by atoms with Gasteiger partial charge in [0.05, 0.1) is 12.2 Å². The first-order valence-electron chi connectivity index (χ1n) is 5.47. The van der Waals surface area contributed by atoms with Crippen molar-refractivity contribution in [1.29, 1.82) is 0 Å². The van der Waals surface area contributed by atoms with Crippen LogP contribution in [0.1, 0.15) is 30.4 Å². The van der Waals surface area contributed by atoms with Gasteiger partial charge in [-0.05, 0) is 31.5 Å². The highest BCUT2D eigenvalue weighted by atomic mass is 19.4. The van der Waals surface area contributed by atoms with Crippen LogP contribution < -0.4 is 10.5 Å². The Morgan fingerprint density at radius 2 is 2.18 bits per heavy atom. The molecule has 0 fully saturated rings. The van der Waals surface area contributed by atoms with Crippen molar-refractivity contribution in [2.45, 2.75) is 31.5 Å². The highest BCUT2D eigenvalue weighted by Crippen LogP contribution is 2.40. The molecule has 0 saturated carbocycles. The van der Waals surface area contributed by atoms with Crippen LogP contribution >= 0.6 is 0 Å². The van der Waals surface area contributed by atoms with Crippen LogP contribution in [0, 0.1) is 0 Å². The molecule has 0 amide bonds. The summed E-state index contributed by atoms with van der Waals surface area (Å²) in [7, 11) is 0. The summed E-state index contributed by atoms with van der Waals surface area (Å²) in [5, 5.41) is 0. The van der Waals surface area contributed by atoms with E-state index in [0.717, 1.165) is 6.07 Å². The summed E-state index contributed by atoms with van der Waals surface area (Å²) in [6, 6.07) is 3.56. The lowest BCUT2D eigenvalue weighted by molar-refractivity contribution is -0.137. The van der Waals surface area contributed by atoms with Crippen LogP contribution in [0.2, 0.25) is 0 Å². The molecule has 0 saturated heterocycles. The predicted octanol–water partition coefficient (Wildman–Crippen LogP) is 2.92. The number of hydrogen-bond acceptors (Lipinski definition) is 2. The highest BCUT2D eigenvalue weighted by molar-refractivity contribution is 5.43. The van der Waals surface area contributed by atoms with E-state index in [1.165, 1.54) is 12.1 Å². The molecule has 17 heavy (non-hydrogen) atoms. The van der Waals surface area contributed by atoms with Gasteiger partial charge in [-0.25, -0.2) is 0 Å². The van der Waals surface area contributed by atoms with Gasteiger partial charge < -0.3 is 10.5 Å². The van der Waals surface area contributed by atoms with Crippen LogP contribution in [0.5, 0.6) is 5.75 Å². The number of ether oxygens (including phenoxy) is 1. The van der Waals surface area contributed by atoms with Crippen molar-refractivity contribution in [3.05, 3.63) is 29.3 Å². The molecule has 0 spiro atoms. The van der Waals surface area contributed by atoms with Gasteiger partial charge in [-0.2, -0.15) is 13.2 Å². The third-order valence-corrected chi connectivity index (χ3v) is 2.87. The summed E-state index contributed by atoms with van der Waals surface area (Å²) in [5.74, 6) is 0.510. The third kappa shape index (κ3) is 2.54. The van der Waals surface area contributed by atoms with E-state index in [4.69, 9.17) is 10.5 Å². The number of halogens is 3. The number of alkyl halides is 3. The fourth-order valence-electron chi connectivity index (χ4n) is 2.10. The van der Waals surface area contributed by atoms with E-state index < -0.39 is 11.7 Å². The fraction of sp³-hybridized carbons (Fsp3) is 0.500. The predicted molar refractivity (Wildman–Crippen MR) is 57.9 cm³/mol. The number of benzene rings is 1. The quantitative estimate of drug-likeness (QED) is 0.869. The minimum atomic E-state index is -4.31.